The fraction of sp³-hybridized carbons (Fsp3) is 0.600. The largest absolute Gasteiger partial charge is 0.333 e. The average molecular weight is 310 g/mol. The lowest BCUT2D eigenvalue weighted by molar-refractivity contribution is -0.899. The molecule has 3 amide bonds. The Kier molecular flexibility index (Phi) is 6.20. The molecule has 0 spiro atoms. The van der Waals surface area contributed by atoms with E-state index in [1.165, 1.54) is 37.0 Å². The van der Waals surface area contributed by atoms with Gasteiger partial charge in [0, 0.05) is 4.88 Å². The van der Waals surface area contributed by atoms with Crippen molar-refractivity contribution in [2.45, 2.75) is 44.7 Å². The predicted octanol–water partition coefficient (Wildman–Crippen LogP) is 0.921. The second-order valence-electron chi connectivity index (χ2n) is 5.67. The van der Waals surface area contributed by atoms with Gasteiger partial charge in [0.25, 0.3) is 5.91 Å². The van der Waals surface area contributed by atoms with E-state index in [1.807, 2.05) is 24.6 Å². The molecule has 1 atom stereocenters. The first-order valence-electron chi connectivity index (χ1n) is 7.57. The van der Waals surface area contributed by atoms with Crippen LogP contribution < -0.4 is 15.5 Å². The lowest BCUT2D eigenvalue weighted by atomic mass is 9.94. The van der Waals surface area contributed by atoms with Crippen LogP contribution in [-0.2, 0) is 11.3 Å². The molecule has 5 nitrogen and oxygen atoms in total. The lowest BCUT2D eigenvalue weighted by Gasteiger charge is -2.27. The minimum absolute atomic E-state index is 0.207. The van der Waals surface area contributed by atoms with Gasteiger partial charge in [0.1, 0.15) is 0 Å². The standard InChI is InChI=1S/C15H23N3O2S/c1-18(12-6-3-2-4-7-12)11-14(19)17-15(20)16-10-13-8-5-9-21-13/h5,8-9,12H,2-4,6-7,10-11H2,1H3,(H2,16,17,19,20)/p+1. The third kappa shape index (κ3) is 5.47. The number of hydrogen-bond donors (Lipinski definition) is 3. The van der Waals surface area contributed by atoms with E-state index in [0.717, 1.165) is 4.88 Å². The molecule has 3 N–H and O–H groups in total. The number of carbonyl (C=O) groups excluding carboxylic acids is 2. The van der Waals surface area contributed by atoms with Crippen molar-refractivity contribution in [3.8, 4) is 0 Å². The highest BCUT2D eigenvalue weighted by Crippen LogP contribution is 2.15. The summed E-state index contributed by atoms with van der Waals surface area (Å²) in [5, 5.41) is 7.07. The van der Waals surface area contributed by atoms with Crippen LogP contribution in [0.1, 0.15) is 37.0 Å². The third-order valence-electron chi connectivity index (χ3n) is 4.00. The molecule has 116 valence electrons. The van der Waals surface area contributed by atoms with E-state index < -0.39 is 6.03 Å². The van der Waals surface area contributed by atoms with Gasteiger partial charge < -0.3 is 10.2 Å². The summed E-state index contributed by atoms with van der Waals surface area (Å²) >= 11 is 1.58. The number of imide groups is 1. The van der Waals surface area contributed by atoms with Crippen LogP contribution in [-0.4, -0.2) is 31.6 Å². The molecule has 1 aromatic rings. The smallest absolute Gasteiger partial charge is 0.321 e. The van der Waals surface area contributed by atoms with Crippen LogP contribution in [0.2, 0.25) is 0 Å². The normalized spacial score (nSPS) is 17.2. The molecule has 21 heavy (non-hydrogen) atoms. The summed E-state index contributed by atoms with van der Waals surface area (Å²) in [7, 11) is 2.04. The van der Waals surface area contributed by atoms with Crippen molar-refractivity contribution in [1.29, 1.82) is 0 Å². The topological polar surface area (TPSA) is 62.6 Å². The molecular formula is C15H24N3O2S+. The molecule has 1 fully saturated rings. The van der Waals surface area contributed by atoms with Crippen molar-refractivity contribution >= 4 is 23.3 Å². The number of thiophene rings is 1. The van der Waals surface area contributed by atoms with E-state index >= 15 is 0 Å². The first kappa shape index (κ1) is 16.0. The van der Waals surface area contributed by atoms with Gasteiger partial charge in [-0.1, -0.05) is 12.5 Å². The average Bonchev–Trinajstić information content (AvgIpc) is 2.99. The summed E-state index contributed by atoms with van der Waals surface area (Å²) in [5.74, 6) is -0.207. The number of rotatable bonds is 5. The molecule has 0 saturated heterocycles. The van der Waals surface area contributed by atoms with Gasteiger partial charge in [-0.15, -0.1) is 11.3 Å². The number of carbonyl (C=O) groups is 2. The molecule has 1 unspecified atom stereocenters. The molecule has 2 rings (SSSR count). The van der Waals surface area contributed by atoms with Crippen molar-refractivity contribution in [3.05, 3.63) is 22.4 Å². The highest BCUT2D eigenvalue weighted by atomic mass is 32.1. The van der Waals surface area contributed by atoms with Gasteiger partial charge in [-0.3, -0.25) is 10.1 Å². The Morgan fingerprint density at radius 1 is 1.33 bits per heavy atom. The molecular weight excluding hydrogens is 286 g/mol. The van der Waals surface area contributed by atoms with Crippen LogP contribution in [0.5, 0.6) is 0 Å². The van der Waals surface area contributed by atoms with Crippen molar-refractivity contribution in [2.24, 2.45) is 0 Å². The maximum absolute atomic E-state index is 11.9. The molecule has 6 heteroatoms. The van der Waals surface area contributed by atoms with Crippen molar-refractivity contribution in [1.82, 2.24) is 10.6 Å². The Hall–Kier alpha value is -1.40. The second kappa shape index (κ2) is 8.14. The zero-order chi connectivity index (χ0) is 15.1. The Bertz CT molecular complexity index is 455. The fourth-order valence-electron chi connectivity index (χ4n) is 2.79. The van der Waals surface area contributed by atoms with Crippen LogP contribution >= 0.6 is 11.3 Å². The molecule has 0 bridgehead atoms. The van der Waals surface area contributed by atoms with E-state index in [9.17, 15) is 9.59 Å². The van der Waals surface area contributed by atoms with Gasteiger partial charge in [-0.25, -0.2) is 4.79 Å². The summed E-state index contributed by atoms with van der Waals surface area (Å²) < 4.78 is 0. The second-order valence-corrected chi connectivity index (χ2v) is 6.70. The van der Waals surface area contributed by atoms with E-state index in [-0.39, 0.29) is 5.91 Å². The molecule has 1 aromatic heterocycles. The number of quaternary nitrogens is 1. The highest BCUT2D eigenvalue weighted by Gasteiger charge is 2.23. The van der Waals surface area contributed by atoms with E-state index in [1.54, 1.807) is 11.3 Å². The Morgan fingerprint density at radius 3 is 2.76 bits per heavy atom. The van der Waals surface area contributed by atoms with Gasteiger partial charge in [0.05, 0.1) is 19.6 Å². The number of amides is 3. The van der Waals surface area contributed by atoms with Gasteiger partial charge in [0.15, 0.2) is 6.54 Å². The molecule has 0 aliphatic heterocycles. The zero-order valence-electron chi connectivity index (χ0n) is 12.5. The zero-order valence-corrected chi connectivity index (χ0v) is 13.3. The van der Waals surface area contributed by atoms with Gasteiger partial charge in [0.2, 0.25) is 0 Å². The van der Waals surface area contributed by atoms with Crippen LogP contribution in [0.25, 0.3) is 0 Å². The van der Waals surface area contributed by atoms with E-state index in [4.69, 9.17) is 0 Å². The summed E-state index contributed by atoms with van der Waals surface area (Å²) in [4.78, 5) is 25.8. The summed E-state index contributed by atoms with van der Waals surface area (Å²) in [6.45, 7) is 0.819. The van der Waals surface area contributed by atoms with Crippen molar-refractivity contribution < 1.29 is 14.5 Å². The molecule has 1 heterocycles. The molecule has 0 aromatic carbocycles. The Balaban J connectivity index is 1.66. The van der Waals surface area contributed by atoms with Crippen LogP contribution in [0, 0.1) is 0 Å². The number of nitrogens with one attached hydrogen (secondary N) is 3. The first-order chi connectivity index (χ1) is 10.1. The van der Waals surface area contributed by atoms with E-state index in [2.05, 4.69) is 10.6 Å². The number of urea groups is 1. The minimum atomic E-state index is -0.412. The minimum Gasteiger partial charge on any atom is -0.333 e. The molecule has 1 saturated carbocycles. The Morgan fingerprint density at radius 2 is 2.10 bits per heavy atom. The fourth-order valence-corrected chi connectivity index (χ4v) is 3.43. The molecule has 0 radical (unpaired) electrons. The highest BCUT2D eigenvalue weighted by molar-refractivity contribution is 7.09. The monoisotopic (exact) mass is 310 g/mol. The first-order valence-corrected chi connectivity index (χ1v) is 8.45. The quantitative estimate of drug-likeness (QED) is 0.757. The summed E-state index contributed by atoms with van der Waals surface area (Å²) in [5.41, 5.74) is 0. The van der Waals surface area contributed by atoms with Crippen LogP contribution in [0.4, 0.5) is 4.79 Å². The number of hydrogen-bond acceptors (Lipinski definition) is 3. The van der Waals surface area contributed by atoms with Gasteiger partial charge in [-0.2, -0.15) is 0 Å². The molecule has 1 aliphatic carbocycles. The summed E-state index contributed by atoms with van der Waals surface area (Å²) in [6.07, 6.45) is 6.18. The maximum atomic E-state index is 11.9. The maximum Gasteiger partial charge on any atom is 0.321 e. The molecule has 1 aliphatic rings. The van der Waals surface area contributed by atoms with Crippen molar-refractivity contribution in [2.75, 3.05) is 13.6 Å². The van der Waals surface area contributed by atoms with Crippen molar-refractivity contribution in [3.63, 3.8) is 0 Å². The SMILES string of the molecule is C[NH+](CC(=O)NC(=O)NCc1cccs1)C1CCCCC1. The lowest BCUT2D eigenvalue weighted by Crippen LogP contribution is -3.14. The van der Waals surface area contributed by atoms with Crippen LogP contribution in [0.3, 0.4) is 0 Å². The predicted molar refractivity (Wildman–Crippen MR) is 83.3 cm³/mol. The summed E-state index contributed by atoms with van der Waals surface area (Å²) in [6, 6.07) is 4.03. The third-order valence-corrected chi connectivity index (χ3v) is 4.87. The number of likely N-dealkylation sites (N-methyl/N-ethyl adjacent to an activating group) is 1. The van der Waals surface area contributed by atoms with Gasteiger partial charge in [-0.05, 0) is 37.1 Å². The van der Waals surface area contributed by atoms with E-state index in [0.29, 0.717) is 19.1 Å². The van der Waals surface area contributed by atoms with Crippen LogP contribution in [0.15, 0.2) is 17.5 Å². The van der Waals surface area contributed by atoms with Gasteiger partial charge >= 0.3 is 6.03 Å². The Labute approximate surface area is 129 Å².